The van der Waals surface area contributed by atoms with Crippen LogP contribution in [0.2, 0.25) is 0 Å². The second-order valence-electron chi connectivity index (χ2n) is 3.52. The minimum Gasteiger partial charge on any atom is -0.494 e. The molecule has 1 aromatic carbocycles. The fraction of sp³-hybridized carbons (Fsp3) is 0.417. The topological polar surface area (TPSA) is 64.3 Å². The van der Waals surface area contributed by atoms with Gasteiger partial charge in [-0.15, -0.1) is 0 Å². The molecule has 0 spiro atoms. The van der Waals surface area contributed by atoms with Gasteiger partial charge in [0.15, 0.2) is 0 Å². The molecule has 0 aliphatic heterocycles. The lowest BCUT2D eigenvalue weighted by molar-refractivity contribution is -0.118. The molecule has 1 atom stereocenters. The minimum atomic E-state index is -0.318. The summed E-state index contributed by atoms with van der Waals surface area (Å²) in [5, 5.41) is 3.06. The van der Waals surface area contributed by atoms with E-state index in [9.17, 15) is 4.79 Å². The molecule has 88 valence electrons. The molecule has 1 aromatic rings. The van der Waals surface area contributed by atoms with E-state index in [2.05, 4.69) is 5.32 Å². The zero-order chi connectivity index (χ0) is 12.0. The molecular formula is C12H18N2O2. The Morgan fingerprint density at radius 1 is 1.56 bits per heavy atom. The normalized spacial score (nSPS) is 12.1. The second kappa shape index (κ2) is 6.12. The summed E-state index contributed by atoms with van der Waals surface area (Å²) < 4.78 is 5.40. The third-order valence-electron chi connectivity index (χ3n) is 2.33. The Hall–Kier alpha value is -1.55. The number of nitrogens with one attached hydrogen (secondary N) is 1. The zero-order valence-electron chi connectivity index (χ0n) is 9.69. The average molecular weight is 222 g/mol. The van der Waals surface area contributed by atoms with Gasteiger partial charge in [-0.3, -0.25) is 4.79 Å². The van der Waals surface area contributed by atoms with Gasteiger partial charge in [0.1, 0.15) is 5.75 Å². The van der Waals surface area contributed by atoms with Crippen molar-refractivity contribution < 1.29 is 9.53 Å². The minimum absolute atomic E-state index is 0.0575. The Bertz CT molecular complexity index is 353. The van der Waals surface area contributed by atoms with E-state index in [0.717, 1.165) is 11.3 Å². The summed E-state index contributed by atoms with van der Waals surface area (Å²) in [5.41, 5.74) is 6.20. The summed E-state index contributed by atoms with van der Waals surface area (Å²) in [5.74, 6) is 0.492. The number of nitrogens with two attached hydrogens (primary N) is 1. The molecule has 1 unspecified atom stereocenters. The summed E-state index contributed by atoms with van der Waals surface area (Å²) in [6.07, 6.45) is 0.284. The fourth-order valence-electron chi connectivity index (χ4n) is 1.58. The maximum atomic E-state index is 10.9. The molecule has 0 aromatic heterocycles. The molecule has 1 amide bonds. The average Bonchev–Trinajstić information content (AvgIpc) is 2.26. The lowest BCUT2D eigenvalue weighted by atomic mass is 10.0. The predicted molar refractivity (Wildman–Crippen MR) is 63.2 cm³/mol. The third-order valence-corrected chi connectivity index (χ3v) is 2.33. The van der Waals surface area contributed by atoms with Gasteiger partial charge in [0.05, 0.1) is 6.61 Å². The van der Waals surface area contributed by atoms with Crippen LogP contribution in [0.4, 0.5) is 0 Å². The summed E-state index contributed by atoms with van der Waals surface area (Å²) in [4.78, 5) is 10.9. The molecular weight excluding hydrogens is 204 g/mol. The number of benzene rings is 1. The van der Waals surface area contributed by atoms with Gasteiger partial charge in [0, 0.05) is 12.5 Å². The third kappa shape index (κ3) is 3.55. The number of rotatable bonds is 6. The van der Waals surface area contributed by atoms with E-state index in [1.807, 2.05) is 31.2 Å². The number of primary amides is 1. The lowest BCUT2D eigenvalue weighted by Gasteiger charge is -2.15. The molecule has 0 radical (unpaired) electrons. The van der Waals surface area contributed by atoms with E-state index in [1.54, 1.807) is 7.05 Å². The largest absolute Gasteiger partial charge is 0.494 e. The number of hydrogen-bond donors (Lipinski definition) is 2. The standard InChI is InChI=1S/C12H18N2O2/c1-3-16-10-6-4-5-9(7-10)11(14-2)8-12(13)15/h4-7,11,14H,3,8H2,1-2H3,(H2,13,15). The van der Waals surface area contributed by atoms with Crippen molar-refractivity contribution in [2.24, 2.45) is 5.73 Å². The van der Waals surface area contributed by atoms with Crippen molar-refractivity contribution in [3.8, 4) is 5.75 Å². The highest BCUT2D eigenvalue weighted by molar-refractivity contribution is 5.74. The van der Waals surface area contributed by atoms with E-state index < -0.39 is 0 Å². The van der Waals surface area contributed by atoms with Crippen LogP contribution < -0.4 is 15.8 Å². The molecule has 0 fully saturated rings. The number of ether oxygens (including phenoxy) is 1. The molecule has 0 aliphatic carbocycles. The number of hydrogen-bond acceptors (Lipinski definition) is 3. The lowest BCUT2D eigenvalue weighted by Crippen LogP contribution is -2.23. The van der Waals surface area contributed by atoms with Gasteiger partial charge in [0.2, 0.25) is 5.91 Å². The molecule has 0 bridgehead atoms. The van der Waals surface area contributed by atoms with E-state index >= 15 is 0 Å². The summed E-state index contributed by atoms with van der Waals surface area (Å²) in [6, 6.07) is 7.62. The first-order valence-electron chi connectivity index (χ1n) is 5.35. The smallest absolute Gasteiger partial charge is 0.219 e. The molecule has 0 aliphatic rings. The van der Waals surface area contributed by atoms with Crippen LogP contribution in [0, 0.1) is 0 Å². The molecule has 0 saturated heterocycles. The SMILES string of the molecule is CCOc1cccc(C(CC(N)=O)NC)c1. The predicted octanol–water partition coefficient (Wildman–Crippen LogP) is 1.22. The van der Waals surface area contributed by atoms with E-state index in [0.29, 0.717) is 6.61 Å². The second-order valence-corrected chi connectivity index (χ2v) is 3.52. The quantitative estimate of drug-likeness (QED) is 0.760. The summed E-state index contributed by atoms with van der Waals surface area (Å²) >= 11 is 0. The highest BCUT2D eigenvalue weighted by atomic mass is 16.5. The van der Waals surface area contributed by atoms with Crippen molar-refractivity contribution in [1.82, 2.24) is 5.32 Å². The van der Waals surface area contributed by atoms with Crippen LogP contribution in [0.15, 0.2) is 24.3 Å². The van der Waals surface area contributed by atoms with Crippen molar-refractivity contribution in [3.63, 3.8) is 0 Å². The highest BCUT2D eigenvalue weighted by Crippen LogP contribution is 2.21. The first-order chi connectivity index (χ1) is 7.67. The Morgan fingerprint density at radius 2 is 2.31 bits per heavy atom. The van der Waals surface area contributed by atoms with Crippen LogP contribution in [0.5, 0.6) is 5.75 Å². The highest BCUT2D eigenvalue weighted by Gasteiger charge is 2.12. The monoisotopic (exact) mass is 222 g/mol. The Kier molecular flexibility index (Phi) is 4.79. The molecule has 4 nitrogen and oxygen atoms in total. The number of carbonyl (C=O) groups excluding carboxylic acids is 1. The fourth-order valence-corrected chi connectivity index (χ4v) is 1.58. The Morgan fingerprint density at radius 3 is 2.88 bits per heavy atom. The van der Waals surface area contributed by atoms with Gasteiger partial charge in [-0.2, -0.15) is 0 Å². The van der Waals surface area contributed by atoms with Crippen molar-refractivity contribution in [2.75, 3.05) is 13.7 Å². The molecule has 3 N–H and O–H groups in total. The summed E-state index contributed by atoms with van der Waals surface area (Å²) in [6.45, 7) is 2.56. The summed E-state index contributed by atoms with van der Waals surface area (Å²) in [7, 11) is 1.81. The zero-order valence-corrected chi connectivity index (χ0v) is 9.69. The van der Waals surface area contributed by atoms with Gasteiger partial charge in [-0.25, -0.2) is 0 Å². The van der Waals surface area contributed by atoms with Gasteiger partial charge in [-0.1, -0.05) is 12.1 Å². The van der Waals surface area contributed by atoms with Crippen molar-refractivity contribution in [1.29, 1.82) is 0 Å². The van der Waals surface area contributed by atoms with Crippen LogP contribution in [-0.4, -0.2) is 19.6 Å². The molecule has 16 heavy (non-hydrogen) atoms. The first-order valence-corrected chi connectivity index (χ1v) is 5.35. The van der Waals surface area contributed by atoms with E-state index in [4.69, 9.17) is 10.5 Å². The van der Waals surface area contributed by atoms with Gasteiger partial charge < -0.3 is 15.8 Å². The van der Waals surface area contributed by atoms with Crippen molar-refractivity contribution in [2.45, 2.75) is 19.4 Å². The van der Waals surface area contributed by atoms with Crippen LogP contribution in [0.25, 0.3) is 0 Å². The maximum absolute atomic E-state index is 10.9. The number of amides is 1. The number of carbonyl (C=O) groups is 1. The van der Waals surface area contributed by atoms with E-state index in [-0.39, 0.29) is 18.4 Å². The van der Waals surface area contributed by atoms with E-state index in [1.165, 1.54) is 0 Å². The van der Waals surface area contributed by atoms with Crippen LogP contribution in [-0.2, 0) is 4.79 Å². The van der Waals surface area contributed by atoms with Crippen LogP contribution in [0.1, 0.15) is 24.9 Å². The Balaban J connectivity index is 2.83. The molecule has 0 saturated carbocycles. The molecule has 1 rings (SSSR count). The van der Waals surface area contributed by atoms with Gasteiger partial charge in [0.25, 0.3) is 0 Å². The van der Waals surface area contributed by atoms with Gasteiger partial charge in [-0.05, 0) is 31.7 Å². The van der Waals surface area contributed by atoms with Crippen LogP contribution >= 0.6 is 0 Å². The first kappa shape index (κ1) is 12.5. The van der Waals surface area contributed by atoms with Crippen molar-refractivity contribution >= 4 is 5.91 Å². The van der Waals surface area contributed by atoms with Gasteiger partial charge >= 0.3 is 0 Å². The Labute approximate surface area is 95.8 Å². The maximum Gasteiger partial charge on any atom is 0.219 e. The molecule has 4 heteroatoms. The van der Waals surface area contributed by atoms with Crippen molar-refractivity contribution in [3.05, 3.63) is 29.8 Å². The molecule has 0 heterocycles. The van der Waals surface area contributed by atoms with Crippen LogP contribution in [0.3, 0.4) is 0 Å².